The van der Waals surface area contributed by atoms with Crippen molar-refractivity contribution in [3.8, 4) is 5.75 Å². The van der Waals surface area contributed by atoms with E-state index in [1.54, 1.807) is 61.7 Å². The van der Waals surface area contributed by atoms with Gasteiger partial charge in [0, 0.05) is 37.4 Å². The zero-order valence-corrected chi connectivity index (χ0v) is 24.9. The number of rotatable bonds is 17. The maximum atomic E-state index is 13.6. The largest absolute Gasteiger partial charge is 0.497 e. The Balaban J connectivity index is 1.77. The number of guanidine groups is 1. The number of aliphatic imine (C=N–C) groups is 1. The van der Waals surface area contributed by atoms with E-state index >= 15 is 0 Å². The number of amides is 4. The molecule has 1 aromatic heterocycles. The lowest BCUT2D eigenvalue weighted by molar-refractivity contribution is -0.132. The maximum absolute atomic E-state index is 13.6. The molecule has 0 fully saturated rings. The number of nitrogens with one attached hydrogen (secondary N) is 4. The average Bonchev–Trinajstić information content (AvgIpc) is 3.54. The van der Waals surface area contributed by atoms with E-state index in [-0.39, 0.29) is 31.8 Å². The van der Waals surface area contributed by atoms with Gasteiger partial charge < -0.3 is 42.9 Å². The van der Waals surface area contributed by atoms with Gasteiger partial charge in [0.25, 0.3) is 0 Å². The fourth-order valence-electron chi connectivity index (χ4n) is 4.33. The molecule has 0 saturated heterocycles. The van der Waals surface area contributed by atoms with Crippen LogP contribution in [0.2, 0.25) is 0 Å². The summed E-state index contributed by atoms with van der Waals surface area (Å²) in [6.07, 6.45) is 6.65. The van der Waals surface area contributed by atoms with E-state index in [2.05, 4.69) is 30.9 Å². The number of carbonyl (C=O) groups is 4. The minimum atomic E-state index is -1.10. The molecule has 0 aliphatic heterocycles. The second-order valence-electron chi connectivity index (χ2n) is 10.1. The standard InChI is InChI=1S/C31H39N9O5/c1-45-23-12-9-20(10-13-23)11-14-27(41)38-26(17-22-18-35-19-37-22)30(44)40-25(16-21-6-3-2-4-7-21)29(43)39-24(28(32)42)8-5-15-36-31(33)34/h2-4,6-7,9-14,18-19,24-26H,5,8,15-17H2,1H3,(H2,32,42)(H,35,37)(H,38,41)(H,39,43)(H,40,44)(H4,33,34,36)/b14-11-/t24-,25-,26+/m1/s1. The van der Waals surface area contributed by atoms with Crippen LogP contribution < -0.4 is 37.9 Å². The molecule has 0 saturated carbocycles. The zero-order valence-electron chi connectivity index (χ0n) is 24.9. The van der Waals surface area contributed by atoms with Crippen LogP contribution in [0.15, 0.2) is 78.2 Å². The van der Waals surface area contributed by atoms with Crippen LogP contribution in [0.25, 0.3) is 6.08 Å². The second-order valence-corrected chi connectivity index (χ2v) is 10.1. The molecule has 14 heteroatoms. The number of primary amides is 1. The van der Waals surface area contributed by atoms with Crippen molar-refractivity contribution in [2.75, 3.05) is 13.7 Å². The minimum Gasteiger partial charge on any atom is -0.497 e. The molecule has 3 aromatic rings. The number of benzene rings is 2. The Morgan fingerprint density at radius 3 is 2.18 bits per heavy atom. The Labute approximate surface area is 260 Å². The Hall–Kier alpha value is -5.66. The Morgan fingerprint density at radius 1 is 0.911 bits per heavy atom. The number of nitrogens with two attached hydrogens (primary N) is 3. The molecule has 4 amide bonds. The molecular formula is C31H39N9O5. The van der Waals surface area contributed by atoms with Gasteiger partial charge in [-0.05, 0) is 42.2 Å². The molecule has 1 heterocycles. The van der Waals surface area contributed by atoms with Gasteiger partial charge in [0.2, 0.25) is 23.6 Å². The molecule has 2 aromatic carbocycles. The summed E-state index contributed by atoms with van der Waals surface area (Å²) in [5.74, 6) is -1.92. The molecule has 3 rings (SSSR count). The third kappa shape index (κ3) is 11.9. The van der Waals surface area contributed by atoms with Crippen LogP contribution in [-0.2, 0) is 32.0 Å². The van der Waals surface area contributed by atoms with Crippen molar-refractivity contribution in [1.29, 1.82) is 0 Å². The van der Waals surface area contributed by atoms with E-state index in [0.29, 0.717) is 17.9 Å². The van der Waals surface area contributed by atoms with Gasteiger partial charge in [-0.2, -0.15) is 0 Å². The number of H-pyrrole nitrogens is 1. The highest BCUT2D eigenvalue weighted by Crippen LogP contribution is 2.12. The summed E-state index contributed by atoms with van der Waals surface area (Å²) in [4.78, 5) is 62.9. The normalized spacial score (nSPS) is 12.8. The first-order valence-corrected chi connectivity index (χ1v) is 14.2. The van der Waals surface area contributed by atoms with Crippen molar-refractivity contribution in [2.24, 2.45) is 22.2 Å². The van der Waals surface area contributed by atoms with Crippen molar-refractivity contribution in [3.63, 3.8) is 0 Å². The quantitative estimate of drug-likeness (QED) is 0.0467. The lowest BCUT2D eigenvalue weighted by Gasteiger charge is -2.24. The fourth-order valence-corrected chi connectivity index (χ4v) is 4.33. The van der Waals surface area contributed by atoms with Crippen LogP contribution in [-0.4, -0.2) is 71.3 Å². The number of aromatic amines is 1. The highest BCUT2D eigenvalue weighted by atomic mass is 16.5. The second kappa shape index (κ2) is 17.5. The minimum absolute atomic E-state index is 0.0718. The number of hydrogen-bond donors (Lipinski definition) is 7. The number of ether oxygens (including phenoxy) is 1. The third-order valence-corrected chi connectivity index (χ3v) is 6.68. The van der Waals surface area contributed by atoms with Gasteiger partial charge in [0.15, 0.2) is 5.96 Å². The highest BCUT2D eigenvalue weighted by Gasteiger charge is 2.29. The molecule has 0 aliphatic carbocycles. The number of methoxy groups -OCH3 is 1. The van der Waals surface area contributed by atoms with E-state index in [9.17, 15) is 19.2 Å². The van der Waals surface area contributed by atoms with Gasteiger partial charge in [0.1, 0.15) is 23.9 Å². The number of nitrogens with zero attached hydrogens (tertiary/aromatic N) is 2. The van der Waals surface area contributed by atoms with Crippen LogP contribution in [0.5, 0.6) is 5.75 Å². The lowest BCUT2D eigenvalue weighted by Crippen LogP contribution is -2.57. The van der Waals surface area contributed by atoms with Gasteiger partial charge in [-0.15, -0.1) is 0 Å². The van der Waals surface area contributed by atoms with Gasteiger partial charge in [-0.1, -0.05) is 42.5 Å². The van der Waals surface area contributed by atoms with Gasteiger partial charge in [-0.25, -0.2) is 4.98 Å². The topological polar surface area (TPSA) is 233 Å². The number of aromatic nitrogens is 2. The van der Waals surface area contributed by atoms with Crippen LogP contribution in [0.1, 0.15) is 29.7 Å². The van der Waals surface area contributed by atoms with Gasteiger partial charge in [0.05, 0.1) is 13.4 Å². The van der Waals surface area contributed by atoms with Crippen LogP contribution >= 0.6 is 0 Å². The molecular weight excluding hydrogens is 578 g/mol. The number of hydrogen-bond acceptors (Lipinski definition) is 7. The molecule has 45 heavy (non-hydrogen) atoms. The first kappa shape index (κ1) is 33.8. The zero-order chi connectivity index (χ0) is 32.6. The molecule has 238 valence electrons. The van der Waals surface area contributed by atoms with Crippen molar-refractivity contribution in [1.82, 2.24) is 25.9 Å². The maximum Gasteiger partial charge on any atom is 0.244 e. The van der Waals surface area contributed by atoms with Crippen molar-refractivity contribution in [3.05, 3.63) is 90.0 Å². The molecule has 0 radical (unpaired) electrons. The molecule has 14 nitrogen and oxygen atoms in total. The van der Waals surface area contributed by atoms with E-state index in [1.807, 2.05) is 6.07 Å². The summed E-state index contributed by atoms with van der Waals surface area (Å²) >= 11 is 0. The smallest absolute Gasteiger partial charge is 0.244 e. The molecule has 0 aliphatic rings. The first-order chi connectivity index (χ1) is 21.6. The van der Waals surface area contributed by atoms with Crippen LogP contribution in [0.3, 0.4) is 0 Å². The number of carbonyl (C=O) groups excluding carboxylic acids is 4. The molecule has 10 N–H and O–H groups in total. The lowest BCUT2D eigenvalue weighted by atomic mass is 10.0. The molecule has 3 atom stereocenters. The summed E-state index contributed by atoms with van der Waals surface area (Å²) < 4.78 is 5.15. The van der Waals surface area contributed by atoms with Gasteiger partial charge >= 0.3 is 0 Å². The summed E-state index contributed by atoms with van der Waals surface area (Å²) in [7, 11) is 1.56. The molecule has 0 bridgehead atoms. The average molecular weight is 618 g/mol. The number of imidazole rings is 1. The monoisotopic (exact) mass is 617 g/mol. The van der Waals surface area contributed by atoms with Gasteiger partial charge in [-0.3, -0.25) is 24.2 Å². The predicted octanol–water partition coefficient (Wildman–Crippen LogP) is -0.0898. The molecule has 0 spiro atoms. The van der Waals surface area contributed by atoms with Crippen LogP contribution in [0, 0.1) is 0 Å². The Kier molecular flexibility index (Phi) is 13.1. The first-order valence-electron chi connectivity index (χ1n) is 14.2. The van der Waals surface area contributed by atoms with E-state index in [0.717, 1.165) is 11.1 Å². The predicted molar refractivity (Wildman–Crippen MR) is 169 cm³/mol. The summed E-state index contributed by atoms with van der Waals surface area (Å²) in [5.41, 5.74) is 18.3. The molecule has 0 unspecified atom stereocenters. The third-order valence-electron chi connectivity index (χ3n) is 6.68. The summed E-state index contributed by atoms with van der Waals surface area (Å²) in [5, 5.41) is 8.10. The Morgan fingerprint density at radius 2 is 1.58 bits per heavy atom. The van der Waals surface area contributed by atoms with Crippen molar-refractivity contribution >= 4 is 35.7 Å². The van der Waals surface area contributed by atoms with Crippen LogP contribution in [0.4, 0.5) is 0 Å². The fraction of sp³-hybridized carbons (Fsp3) is 0.290. The highest BCUT2D eigenvalue weighted by molar-refractivity contribution is 5.97. The Bertz CT molecular complexity index is 1450. The van der Waals surface area contributed by atoms with E-state index in [4.69, 9.17) is 21.9 Å². The summed E-state index contributed by atoms with van der Waals surface area (Å²) in [6, 6.07) is 12.9. The van der Waals surface area contributed by atoms with Crippen molar-refractivity contribution in [2.45, 2.75) is 43.8 Å². The van der Waals surface area contributed by atoms with E-state index in [1.165, 1.54) is 18.6 Å². The SMILES string of the molecule is COc1ccc(/C=C\C(=O)N[C@@H](Cc2cnc[nH]2)C(=O)N[C@H](Cc2ccccc2)C(=O)N[C@H](CCCN=C(N)N)C(N)=O)cc1. The summed E-state index contributed by atoms with van der Waals surface area (Å²) in [6.45, 7) is 0.244. The van der Waals surface area contributed by atoms with E-state index < -0.39 is 41.8 Å². The van der Waals surface area contributed by atoms with Crippen molar-refractivity contribution < 1.29 is 23.9 Å².